The Morgan fingerprint density at radius 2 is 1.38 bits per heavy atom. The third-order valence-corrected chi connectivity index (χ3v) is 2.21. The average molecular weight is 307 g/mol. The molecule has 0 rings (SSSR count). The predicted molar refractivity (Wildman–Crippen MR) is 81.9 cm³/mol. The number of carbonyl (C=O) groups is 2. The first-order valence-electron chi connectivity index (χ1n) is 7.66. The van der Waals surface area contributed by atoms with E-state index < -0.39 is 12.2 Å². The summed E-state index contributed by atoms with van der Waals surface area (Å²) in [4.78, 5) is 19.4. The molecule has 7 nitrogen and oxygen atoms in total. The zero-order valence-corrected chi connectivity index (χ0v) is 13.7. The van der Waals surface area contributed by atoms with Crippen molar-refractivity contribution in [3.8, 4) is 0 Å². The molecule has 0 aromatic rings. The normalized spacial score (nSPS) is 8.57. The van der Waals surface area contributed by atoms with Gasteiger partial charge in [0.1, 0.15) is 6.09 Å². The molecule has 0 aliphatic rings. The zero-order chi connectivity index (χ0) is 16.9. The Bertz CT molecular complexity index is 204. The lowest BCUT2D eigenvalue weighted by Crippen LogP contribution is -2.49. The monoisotopic (exact) mass is 307 g/mol. The molecule has 128 valence electrons. The van der Waals surface area contributed by atoms with Gasteiger partial charge in [-0.2, -0.15) is 0 Å². The molecule has 0 aromatic heterocycles. The van der Waals surface area contributed by atoms with Crippen LogP contribution in [0.15, 0.2) is 0 Å². The Balaban J connectivity index is -0.000000239. The topological polar surface area (TPSA) is 129 Å². The van der Waals surface area contributed by atoms with Crippen LogP contribution < -0.4 is 21.5 Å². The molecular formula is C14H33N3O4. The number of quaternary nitrogens is 1. The van der Waals surface area contributed by atoms with Gasteiger partial charge < -0.3 is 31.4 Å². The third-order valence-electron chi connectivity index (χ3n) is 2.21. The van der Waals surface area contributed by atoms with Gasteiger partial charge in [-0.3, -0.25) is 0 Å². The van der Waals surface area contributed by atoms with Crippen molar-refractivity contribution in [1.82, 2.24) is 10.6 Å². The van der Waals surface area contributed by atoms with Gasteiger partial charge in [0, 0.05) is 13.1 Å². The van der Waals surface area contributed by atoms with Gasteiger partial charge in [0.15, 0.2) is 0 Å². The molecule has 0 fully saturated rings. The third kappa shape index (κ3) is 45.7. The van der Waals surface area contributed by atoms with Gasteiger partial charge in [-0.1, -0.05) is 40.0 Å². The summed E-state index contributed by atoms with van der Waals surface area (Å²) < 4.78 is 0. The molecule has 0 saturated carbocycles. The number of amides is 2. The molecule has 21 heavy (non-hydrogen) atoms. The van der Waals surface area contributed by atoms with Gasteiger partial charge in [0.05, 0.1) is 6.54 Å². The Morgan fingerprint density at radius 3 is 1.62 bits per heavy atom. The Morgan fingerprint density at radius 1 is 0.952 bits per heavy atom. The molecule has 0 aliphatic carbocycles. The summed E-state index contributed by atoms with van der Waals surface area (Å²) in [6.07, 6.45) is 4.28. The molecule has 6 N–H and O–H groups in total. The van der Waals surface area contributed by atoms with E-state index in [2.05, 4.69) is 23.3 Å². The summed E-state index contributed by atoms with van der Waals surface area (Å²) in [5.74, 6) is 0. The highest BCUT2D eigenvalue weighted by atomic mass is 16.4. The maximum atomic E-state index is 9.76. The summed E-state index contributed by atoms with van der Waals surface area (Å²) in [6.45, 7) is 8.37. The van der Waals surface area contributed by atoms with Crippen LogP contribution in [0.2, 0.25) is 0 Å². The molecule has 0 radical (unpaired) electrons. The van der Waals surface area contributed by atoms with Crippen LogP contribution in [0.1, 0.15) is 59.3 Å². The quantitative estimate of drug-likeness (QED) is 0.494. The van der Waals surface area contributed by atoms with Gasteiger partial charge in [0.2, 0.25) is 0 Å². The second-order valence-corrected chi connectivity index (χ2v) is 4.36. The lowest BCUT2D eigenvalue weighted by Gasteiger charge is -2.02. The van der Waals surface area contributed by atoms with E-state index in [-0.39, 0.29) is 0 Å². The SMILES string of the molecule is CCCCNC(=O)O.CCCCNC(=O)[O-].CCCC[NH3+]. The molecule has 0 heterocycles. The molecule has 7 heteroatoms. The number of carboxylic acid groups (broad SMARTS) is 2. The second kappa shape index (κ2) is 23.6. The number of rotatable bonds is 8. The Kier molecular flexibility index (Phi) is 27.5. The molecule has 0 bridgehead atoms. The van der Waals surface area contributed by atoms with Crippen molar-refractivity contribution < 1.29 is 25.5 Å². The van der Waals surface area contributed by atoms with Gasteiger partial charge >= 0.3 is 6.09 Å². The summed E-state index contributed by atoms with van der Waals surface area (Å²) in [5, 5.41) is 22.1. The number of hydrogen-bond donors (Lipinski definition) is 4. The van der Waals surface area contributed by atoms with Gasteiger partial charge in [-0.05, 0) is 19.3 Å². The lowest BCUT2D eigenvalue weighted by molar-refractivity contribution is -0.368. The molecule has 0 saturated heterocycles. The van der Waals surface area contributed by atoms with Crippen molar-refractivity contribution >= 4 is 12.2 Å². The van der Waals surface area contributed by atoms with Gasteiger partial charge in [-0.15, -0.1) is 0 Å². The maximum absolute atomic E-state index is 9.76. The highest BCUT2D eigenvalue weighted by Gasteiger charge is 1.88. The molecule has 0 spiro atoms. The fraction of sp³-hybridized carbons (Fsp3) is 0.857. The molecular weight excluding hydrogens is 274 g/mol. The van der Waals surface area contributed by atoms with Crippen molar-refractivity contribution in [2.24, 2.45) is 0 Å². The van der Waals surface area contributed by atoms with Crippen LogP contribution in [0.25, 0.3) is 0 Å². The Hall–Kier alpha value is -1.50. The van der Waals surface area contributed by atoms with Crippen LogP contribution in [0, 0.1) is 0 Å². The average Bonchev–Trinajstić information content (AvgIpc) is 2.41. The van der Waals surface area contributed by atoms with Crippen LogP contribution in [-0.2, 0) is 0 Å². The highest BCUT2D eigenvalue weighted by Crippen LogP contribution is 1.81. The van der Waals surface area contributed by atoms with E-state index >= 15 is 0 Å². The number of hydrogen-bond acceptors (Lipinski definition) is 3. The fourth-order valence-electron chi connectivity index (χ4n) is 0.989. The minimum atomic E-state index is -1.18. The maximum Gasteiger partial charge on any atom is 0.404 e. The summed E-state index contributed by atoms with van der Waals surface area (Å²) >= 11 is 0. The van der Waals surface area contributed by atoms with Crippen LogP contribution in [-0.4, -0.2) is 36.9 Å². The number of unbranched alkanes of at least 4 members (excludes halogenated alkanes) is 3. The molecule has 0 aromatic carbocycles. The summed E-state index contributed by atoms with van der Waals surface area (Å²) in [5.41, 5.74) is 3.68. The van der Waals surface area contributed by atoms with E-state index in [1.807, 2.05) is 13.8 Å². The van der Waals surface area contributed by atoms with Crippen molar-refractivity contribution in [3.63, 3.8) is 0 Å². The summed E-state index contributed by atoms with van der Waals surface area (Å²) in [6, 6.07) is 0. The minimum Gasteiger partial charge on any atom is -0.530 e. The molecule has 0 aliphatic heterocycles. The standard InChI is InChI=1S/2C5H11NO2.C4H11N/c2*1-2-3-4-6-5(7)8;1-2-3-4-5/h2*6H,2-4H2,1H3,(H,7,8);2-5H2,1H3. The first-order valence-corrected chi connectivity index (χ1v) is 7.66. The smallest absolute Gasteiger partial charge is 0.404 e. The van der Waals surface area contributed by atoms with Crippen LogP contribution in [0.4, 0.5) is 9.59 Å². The largest absolute Gasteiger partial charge is 0.530 e. The number of carbonyl (C=O) groups excluding carboxylic acids is 1. The fourth-order valence-corrected chi connectivity index (χ4v) is 0.989. The van der Waals surface area contributed by atoms with Crippen molar-refractivity contribution in [3.05, 3.63) is 0 Å². The van der Waals surface area contributed by atoms with Crippen LogP contribution in [0.3, 0.4) is 0 Å². The number of nitrogens with one attached hydrogen (secondary N) is 2. The Labute approximate surface area is 128 Å². The minimum absolute atomic E-state index is 0.513. The lowest BCUT2D eigenvalue weighted by atomic mass is 10.3. The van der Waals surface area contributed by atoms with Crippen molar-refractivity contribution in [2.45, 2.75) is 59.3 Å². The molecule has 0 atom stereocenters. The van der Waals surface area contributed by atoms with E-state index in [1.165, 1.54) is 12.8 Å². The molecule has 0 unspecified atom stereocenters. The van der Waals surface area contributed by atoms with Crippen LogP contribution >= 0.6 is 0 Å². The summed E-state index contributed by atoms with van der Waals surface area (Å²) in [7, 11) is 0. The van der Waals surface area contributed by atoms with E-state index in [0.29, 0.717) is 13.1 Å². The van der Waals surface area contributed by atoms with Crippen molar-refractivity contribution in [2.75, 3.05) is 19.6 Å². The first-order chi connectivity index (χ1) is 9.95. The predicted octanol–water partition coefficient (Wildman–Crippen LogP) is 0.802. The first kappa shape index (κ1) is 24.5. The zero-order valence-electron chi connectivity index (χ0n) is 13.7. The van der Waals surface area contributed by atoms with E-state index in [9.17, 15) is 14.7 Å². The second-order valence-electron chi connectivity index (χ2n) is 4.36. The van der Waals surface area contributed by atoms with Crippen molar-refractivity contribution in [1.29, 1.82) is 0 Å². The van der Waals surface area contributed by atoms with E-state index in [1.54, 1.807) is 0 Å². The highest BCUT2D eigenvalue weighted by molar-refractivity contribution is 5.64. The molecule has 2 amide bonds. The van der Waals surface area contributed by atoms with Gasteiger partial charge in [-0.25, -0.2) is 4.79 Å². The van der Waals surface area contributed by atoms with E-state index in [0.717, 1.165) is 32.2 Å². The van der Waals surface area contributed by atoms with E-state index in [4.69, 9.17) is 5.11 Å². The van der Waals surface area contributed by atoms with Gasteiger partial charge in [0.25, 0.3) is 0 Å². The van der Waals surface area contributed by atoms with Crippen LogP contribution in [0.5, 0.6) is 0 Å².